The average molecular weight is 560 g/mol. The quantitative estimate of drug-likeness (QED) is 0.130. The molecule has 3 amide bonds. The SMILES string of the molecule is CNC(=O)c1cc[n+](CC=CC2=C(C(=O)O)N3C(=O)C(NC(=O)C(=NOC)c4nsc(N)n4)[C@H]3SC2)cc1. The molecule has 2 aliphatic heterocycles. The number of pyridine rings is 1. The molecule has 5 N–H and O–H groups in total. The molecule has 198 valence electrons. The van der Waals surface area contributed by atoms with Gasteiger partial charge in [-0.2, -0.15) is 9.36 Å². The Labute approximate surface area is 224 Å². The van der Waals surface area contributed by atoms with Crippen LogP contribution in [0.2, 0.25) is 0 Å². The van der Waals surface area contributed by atoms with Gasteiger partial charge in [0.1, 0.15) is 24.2 Å². The van der Waals surface area contributed by atoms with Gasteiger partial charge in [0, 0.05) is 36.5 Å². The molecule has 2 aromatic heterocycles. The summed E-state index contributed by atoms with van der Waals surface area (Å²) in [5.74, 6) is -2.51. The zero-order valence-electron chi connectivity index (χ0n) is 20.2. The van der Waals surface area contributed by atoms with E-state index in [1.165, 1.54) is 23.8 Å². The first-order chi connectivity index (χ1) is 18.2. The number of carboxylic acid groups (broad SMARTS) is 1. The van der Waals surface area contributed by atoms with Crippen molar-refractivity contribution >= 4 is 57.8 Å². The van der Waals surface area contributed by atoms with Gasteiger partial charge in [-0.05, 0) is 11.6 Å². The van der Waals surface area contributed by atoms with Crippen LogP contribution in [0.3, 0.4) is 0 Å². The van der Waals surface area contributed by atoms with Crippen molar-refractivity contribution in [3.8, 4) is 0 Å². The Bertz CT molecular complexity index is 1370. The number of nitrogens with two attached hydrogens (primary N) is 1. The number of hydrogen-bond acceptors (Lipinski definition) is 11. The highest BCUT2D eigenvalue weighted by Gasteiger charge is 2.54. The zero-order valence-corrected chi connectivity index (χ0v) is 21.8. The number of thioether (sulfide) groups is 1. The molecule has 0 aliphatic carbocycles. The number of hydrogen-bond donors (Lipinski definition) is 4. The number of rotatable bonds is 9. The standard InChI is InChI=1S/C22H22N8O6S2/c1-24-17(31)11-5-8-29(9-6-11)7-3-4-12-10-37-20-14(19(33)30(20)15(12)21(34)35)25-18(32)13(27-36-2)16-26-22(23)38-28-16/h3-6,8-9,14,20H,7,10H2,1-2H3,(H4-,23,24,25,26,28,31,32,34,35)/p+1/t14?,20-/m1/s1. The number of amides is 3. The third-order valence-electron chi connectivity index (χ3n) is 5.55. The molecule has 1 fully saturated rings. The molecule has 38 heavy (non-hydrogen) atoms. The molecule has 0 saturated carbocycles. The minimum atomic E-state index is -1.25. The van der Waals surface area contributed by atoms with E-state index < -0.39 is 29.2 Å². The maximum atomic E-state index is 12.9. The van der Waals surface area contributed by atoms with E-state index in [4.69, 9.17) is 10.6 Å². The van der Waals surface area contributed by atoms with Crippen molar-refractivity contribution in [3.63, 3.8) is 0 Å². The summed E-state index contributed by atoms with van der Waals surface area (Å²) in [7, 11) is 2.79. The highest BCUT2D eigenvalue weighted by Crippen LogP contribution is 2.40. The predicted octanol–water partition coefficient (Wildman–Crippen LogP) is -0.887. The number of nitrogen functional groups attached to an aromatic ring is 1. The molecule has 1 saturated heterocycles. The summed E-state index contributed by atoms with van der Waals surface area (Å²) in [5, 5.41) is 18.1. The zero-order chi connectivity index (χ0) is 27.4. The Morgan fingerprint density at radius 1 is 1.37 bits per heavy atom. The monoisotopic (exact) mass is 559 g/mol. The summed E-state index contributed by atoms with van der Waals surface area (Å²) < 4.78 is 5.75. The minimum Gasteiger partial charge on any atom is -0.477 e. The average Bonchev–Trinajstić information content (AvgIpc) is 3.35. The number of carboxylic acids is 1. The predicted molar refractivity (Wildman–Crippen MR) is 137 cm³/mol. The molecule has 14 nitrogen and oxygen atoms in total. The molecule has 2 aromatic rings. The molecular formula is C22H23N8O6S2+. The first-order valence-electron chi connectivity index (χ1n) is 11.1. The lowest BCUT2D eigenvalue weighted by Crippen LogP contribution is -2.71. The normalized spacial score (nSPS) is 19.2. The third-order valence-corrected chi connectivity index (χ3v) is 7.40. The van der Waals surface area contributed by atoms with E-state index in [0.29, 0.717) is 23.4 Å². The Hall–Kier alpha value is -4.31. The summed E-state index contributed by atoms with van der Waals surface area (Å²) in [4.78, 5) is 59.3. The number of carbonyl (C=O) groups is 4. The molecule has 2 atom stereocenters. The van der Waals surface area contributed by atoms with Gasteiger partial charge < -0.3 is 26.3 Å². The summed E-state index contributed by atoms with van der Waals surface area (Å²) >= 11 is 2.19. The van der Waals surface area contributed by atoms with Crippen LogP contribution < -0.4 is 20.9 Å². The molecule has 2 aliphatic rings. The Kier molecular flexibility index (Phi) is 8.02. The number of β-lactam (4-membered cyclic amide) rings is 1. The summed E-state index contributed by atoms with van der Waals surface area (Å²) in [5.41, 5.74) is 6.16. The van der Waals surface area contributed by atoms with Crippen LogP contribution in [0, 0.1) is 0 Å². The maximum absolute atomic E-state index is 12.9. The number of fused-ring (bicyclic) bond motifs is 1. The van der Waals surface area contributed by atoms with E-state index in [2.05, 4.69) is 25.1 Å². The second kappa shape index (κ2) is 11.4. The molecule has 0 radical (unpaired) electrons. The van der Waals surface area contributed by atoms with Gasteiger partial charge in [-0.3, -0.25) is 19.3 Å². The summed E-state index contributed by atoms with van der Waals surface area (Å²) in [6.07, 6.45) is 6.89. The lowest BCUT2D eigenvalue weighted by molar-refractivity contribution is -0.687. The lowest BCUT2D eigenvalue weighted by Gasteiger charge is -2.49. The molecular weight excluding hydrogens is 536 g/mol. The van der Waals surface area contributed by atoms with Crippen LogP contribution in [0.25, 0.3) is 0 Å². The van der Waals surface area contributed by atoms with Crippen LogP contribution >= 0.6 is 23.3 Å². The van der Waals surface area contributed by atoms with Gasteiger partial charge in [-0.15, -0.1) is 11.8 Å². The highest BCUT2D eigenvalue weighted by atomic mass is 32.2. The van der Waals surface area contributed by atoms with E-state index in [1.807, 2.05) is 4.57 Å². The number of aliphatic carboxylic acids is 1. The number of nitrogens with zero attached hydrogens (tertiary/aromatic N) is 5. The van der Waals surface area contributed by atoms with Crippen LogP contribution in [-0.4, -0.2) is 80.1 Å². The smallest absolute Gasteiger partial charge is 0.352 e. The molecule has 4 rings (SSSR count). The molecule has 16 heteroatoms. The topological polar surface area (TPSA) is 193 Å². The molecule has 1 unspecified atom stereocenters. The van der Waals surface area contributed by atoms with Crippen molar-refractivity contribution in [1.29, 1.82) is 0 Å². The van der Waals surface area contributed by atoms with Crippen molar-refractivity contribution in [2.24, 2.45) is 5.16 Å². The maximum Gasteiger partial charge on any atom is 0.352 e. The second-order valence-electron chi connectivity index (χ2n) is 7.88. The Balaban J connectivity index is 1.46. The first kappa shape index (κ1) is 26.7. The van der Waals surface area contributed by atoms with Crippen LogP contribution in [-0.2, 0) is 25.8 Å². The van der Waals surface area contributed by atoms with E-state index in [1.54, 1.807) is 43.7 Å². The van der Waals surface area contributed by atoms with Gasteiger partial charge in [0.15, 0.2) is 24.1 Å². The van der Waals surface area contributed by atoms with Gasteiger partial charge in [0.25, 0.3) is 17.7 Å². The van der Waals surface area contributed by atoms with Crippen LogP contribution in [0.15, 0.2) is 53.1 Å². The fourth-order valence-electron chi connectivity index (χ4n) is 3.78. The van der Waals surface area contributed by atoms with Gasteiger partial charge >= 0.3 is 5.97 Å². The molecule has 4 heterocycles. The van der Waals surface area contributed by atoms with Gasteiger partial charge in [-0.25, -0.2) is 9.36 Å². The summed E-state index contributed by atoms with van der Waals surface area (Å²) in [6.45, 7) is 0.419. The largest absolute Gasteiger partial charge is 0.477 e. The fourth-order valence-corrected chi connectivity index (χ4v) is 5.53. The number of carbonyl (C=O) groups excluding carboxylic acids is 3. The number of aromatic nitrogens is 3. The lowest BCUT2D eigenvalue weighted by atomic mass is 10.0. The van der Waals surface area contributed by atoms with Gasteiger partial charge in [0.2, 0.25) is 11.5 Å². The Morgan fingerprint density at radius 3 is 2.71 bits per heavy atom. The minimum absolute atomic E-state index is 0.0496. The van der Waals surface area contributed by atoms with E-state index in [-0.39, 0.29) is 28.3 Å². The number of nitrogens with one attached hydrogen (secondary N) is 2. The second-order valence-corrected chi connectivity index (χ2v) is 9.77. The van der Waals surface area contributed by atoms with E-state index in [9.17, 15) is 24.3 Å². The van der Waals surface area contributed by atoms with Crippen molar-refractivity contribution in [1.82, 2.24) is 24.9 Å². The van der Waals surface area contributed by atoms with Crippen molar-refractivity contribution < 1.29 is 33.7 Å². The highest BCUT2D eigenvalue weighted by molar-refractivity contribution is 8.00. The van der Waals surface area contributed by atoms with Crippen molar-refractivity contribution in [2.75, 3.05) is 25.6 Å². The first-order valence-corrected chi connectivity index (χ1v) is 12.9. The molecule has 0 spiro atoms. The molecule has 0 aromatic carbocycles. The number of anilines is 1. The fraction of sp³-hybridized carbons (Fsp3) is 0.273. The van der Waals surface area contributed by atoms with E-state index in [0.717, 1.165) is 11.5 Å². The van der Waals surface area contributed by atoms with Crippen molar-refractivity contribution in [3.05, 3.63) is 59.3 Å². The third kappa shape index (κ3) is 5.35. The van der Waals surface area contributed by atoms with Crippen LogP contribution in [0.1, 0.15) is 16.2 Å². The summed E-state index contributed by atoms with van der Waals surface area (Å²) in [6, 6.07) is 2.37. The van der Waals surface area contributed by atoms with Gasteiger partial charge in [-0.1, -0.05) is 11.2 Å². The number of oxime groups is 1. The Morgan fingerprint density at radius 2 is 2.11 bits per heavy atom. The van der Waals surface area contributed by atoms with Crippen LogP contribution in [0.5, 0.6) is 0 Å². The van der Waals surface area contributed by atoms with E-state index >= 15 is 0 Å². The number of allylic oxidation sites excluding steroid dienone is 2. The molecule has 0 bridgehead atoms. The van der Waals surface area contributed by atoms with Gasteiger partial charge in [0.05, 0.1) is 5.56 Å². The van der Waals surface area contributed by atoms with Crippen LogP contribution in [0.4, 0.5) is 5.13 Å². The van der Waals surface area contributed by atoms with Crippen molar-refractivity contribution in [2.45, 2.75) is 18.0 Å².